The zero-order valence-corrected chi connectivity index (χ0v) is 15.8. The molecule has 0 amide bonds. The molecule has 0 atom stereocenters. The molecule has 0 bridgehead atoms. The van der Waals surface area contributed by atoms with Crippen molar-refractivity contribution in [1.82, 2.24) is 20.2 Å². The maximum atomic E-state index is 6.03. The van der Waals surface area contributed by atoms with E-state index in [4.69, 9.17) is 4.74 Å². The zero-order valence-electron chi connectivity index (χ0n) is 14.2. The second kappa shape index (κ2) is 8.11. The number of ether oxygens (including phenoxy) is 1. The molecule has 1 heterocycles. The van der Waals surface area contributed by atoms with Crippen LogP contribution in [-0.2, 0) is 19.7 Å². The molecule has 0 saturated heterocycles. The Hall–Kier alpha value is -2.41. The van der Waals surface area contributed by atoms with Crippen LogP contribution in [0.3, 0.4) is 0 Å². The van der Waals surface area contributed by atoms with Gasteiger partial charge >= 0.3 is 0 Å². The number of nitrogens with one attached hydrogen (secondary N) is 1. The molecule has 0 fully saturated rings. The molecule has 3 rings (SSSR count). The van der Waals surface area contributed by atoms with Crippen molar-refractivity contribution in [2.75, 3.05) is 5.32 Å². The second-order valence-corrected chi connectivity index (χ2v) is 6.61. The van der Waals surface area contributed by atoms with Crippen molar-refractivity contribution in [1.29, 1.82) is 0 Å². The van der Waals surface area contributed by atoms with E-state index < -0.39 is 0 Å². The van der Waals surface area contributed by atoms with Crippen LogP contribution < -0.4 is 10.1 Å². The van der Waals surface area contributed by atoms with Gasteiger partial charge in [-0.3, -0.25) is 0 Å². The predicted octanol–water partition coefficient (Wildman–Crippen LogP) is 3.96. The maximum absolute atomic E-state index is 6.03. The Morgan fingerprint density at radius 1 is 1.16 bits per heavy atom. The van der Waals surface area contributed by atoms with Crippen LogP contribution in [0.4, 0.5) is 5.95 Å². The van der Waals surface area contributed by atoms with E-state index in [0.717, 1.165) is 21.3 Å². The Morgan fingerprint density at radius 2 is 1.96 bits per heavy atom. The minimum Gasteiger partial charge on any atom is -0.489 e. The predicted molar refractivity (Wildman–Crippen MR) is 100 cm³/mol. The summed E-state index contributed by atoms with van der Waals surface area (Å²) in [5, 5.41) is 14.9. The summed E-state index contributed by atoms with van der Waals surface area (Å²) < 4.78 is 8.74. The Bertz CT molecular complexity index is 832. The summed E-state index contributed by atoms with van der Waals surface area (Å²) in [7, 11) is 0. The second-order valence-electron chi connectivity index (χ2n) is 5.70. The van der Waals surface area contributed by atoms with Crippen molar-refractivity contribution >= 4 is 21.9 Å². The van der Waals surface area contributed by atoms with Crippen LogP contribution in [0.1, 0.15) is 23.6 Å². The molecule has 1 N–H and O–H groups in total. The molecule has 0 aliphatic rings. The van der Waals surface area contributed by atoms with Gasteiger partial charge < -0.3 is 10.1 Å². The number of benzene rings is 2. The SMILES string of the molecule is CCn1nnnc1NCc1cc(Br)ccc1OCc1ccc(C)cc1. The minimum absolute atomic E-state index is 0.529. The van der Waals surface area contributed by atoms with Crippen LogP contribution in [-0.4, -0.2) is 20.2 Å². The molecule has 3 aromatic rings. The highest BCUT2D eigenvalue weighted by Crippen LogP contribution is 2.25. The summed E-state index contributed by atoms with van der Waals surface area (Å²) in [6, 6.07) is 14.3. The minimum atomic E-state index is 0.529. The largest absolute Gasteiger partial charge is 0.489 e. The Balaban J connectivity index is 1.70. The highest BCUT2D eigenvalue weighted by molar-refractivity contribution is 9.10. The van der Waals surface area contributed by atoms with Gasteiger partial charge in [-0.1, -0.05) is 50.9 Å². The summed E-state index contributed by atoms with van der Waals surface area (Å²) >= 11 is 3.52. The molecule has 0 spiro atoms. The molecule has 1 aromatic heterocycles. The van der Waals surface area contributed by atoms with Crippen LogP contribution in [0.2, 0.25) is 0 Å². The number of rotatable bonds is 7. The van der Waals surface area contributed by atoms with E-state index in [1.807, 2.05) is 25.1 Å². The summed E-state index contributed by atoms with van der Waals surface area (Å²) in [6.45, 7) is 5.89. The van der Waals surface area contributed by atoms with Gasteiger partial charge in [-0.2, -0.15) is 0 Å². The van der Waals surface area contributed by atoms with Gasteiger partial charge in [0.25, 0.3) is 0 Å². The average Bonchev–Trinajstić information content (AvgIpc) is 3.08. The van der Waals surface area contributed by atoms with E-state index in [9.17, 15) is 0 Å². The van der Waals surface area contributed by atoms with Crippen molar-refractivity contribution in [2.24, 2.45) is 0 Å². The lowest BCUT2D eigenvalue weighted by atomic mass is 10.1. The van der Waals surface area contributed by atoms with Gasteiger partial charge in [-0.05, 0) is 48.0 Å². The first-order chi connectivity index (χ1) is 12.2. The fraction of sp³-hybridized carbons (Fsp3) is 0.278. The third kappa shape index (κ3) is 4.57. The third-order valence-electron chi connectivity index (χ3n) is 3.81. The first-order valence-corrected chi connectivity index (χ1v) is 8.92. The van der Waals surface area contributed by atoms with E-state index in [1.165, 1.54) is 5.56 Å². The molecule has 2 aromatic carbocycles. The normalized spacial score (nSPS) is 10.7. The van der Waals surface area contributed by atoms with E-state index in [-0.39, 0.29) is 0 Å². The van der Waals surface area contributed by atoms with Crippen molar-refractivity contribution in [3.05, 3.63) is 63.6 Å². The average molecular weight is 402 g/mol. The molecule has 0 aliphatic heterocycles. The smallest absolute Gasteiger partial charge is 0.243 e. The van der Waals surface area contributed by atoms with Crippen LogP contribution in [0.5, 0.6) is 5.75 Å². The molecule has 0 radical (unpaired) electrons. The van der Waals surface area contributed by atoms with E-state index in [1.54, 1.807) is 4.68 Å². The topological polar surface area (TPSA) is 64.9 Å². The van der Waals surface area contributed by atoms with Gasteiger partial charge in [0, 0.05) is 23.1 Å². The first kappa shape index (κ1) is 17.4. The number of anilines is 1. The molecule has 6 nitrogen and oxygen atoms in total. The van der Waals surface area contributed by atoms with Crippen molar-refractivity contribution in [2.45, 2.75) is 33.5 Å². The summed E-state index contributed by atoms with van der Waals surface area (Å²) in [5.74, 6) is 1.48. The van der Waals surface area contributed by atoms with E-state index in [2.05, 4.69) is 68.0 Å². The van der Waals surface area contributed by atoms with Crippen LogP contribution >= 0.6 is 15.9 Å². The van der Waals surface area contributed by atoms with E-state index >= 15 is 0 Å². The van der Waals surface area contributed by atoms with Gasteiger partial charge in [0.05, 0.1) is 0 Å². The third-order valence-corrected chi connectivity index (χ3v) is 4.30. The quantitative estimate of drug-likeness (QED) is 0.648. The number of tetrazole rings is 1. The summed E-state index contributed by atoms with van der Waals surface area (Å²) in [6.07, 6.45) is 0. The number of aryl methyl sites for hydroxylation is 2. The number of aromatic nitrogens is 4. The zero-order chi connectivity index (χ0) is 17.6. The Morgan fingerprint density at radius 3 is 2.72 bits per heavy atom. The first-order valence-electron chi connectivity index (χ1n) is 8.12. The van der Waals surface area contributed by atoms with Gasteiger partial charge in [-0.15, -0.1) is 0 Å². The molecular formula is C18H20BrN5O. The fourth-order valence-electron chi connectivity index (χ4n) is 2.39. The van der Waals surface area contributed by atoms with Crippen LogP contribution in [0.25, 0.3) is 0 Å². The highest BCUT2D eigenvalue weighted by atomic mass is 79.9. The fourth-order valence-corrected chi connectivity index (χ4v) is 2.80. The molecule has 0 saturated carbocycles. The lowest BCUT2D eigenvalue weighted by Gasteiger charge is -2.13. The summed E-state index contributed by atoms with van der Waals surface area (Å²) in [5.41, 5.74) is 3.42. The molecule has 0 aliphatic carbocycles. The summed E-state index contributed by atoms with van der Waals surface area (Å²) in [4.78, 5) is 0. The molecule has 7 heteroatoms. The van der Waals surface area contributed by atoms with Gasteiger partial charge in [-0.25, -0.2) is 4.68 Å². The maximum Gasteiger partial charge on any atom is 0.243 e. The van der Waals surface area contributed by atoms with Gasteiger partial charge in [0.2, 0.25) is 5.95 Å². The molecule has 0 unspecified atom stereocenters. The van der Waals surface area contributed by atoms with Crippen LogP contribution in [0.15, 0.2) is 46.9 Å². The highest BCUT2D eigenvalue weighted by Gasteiger charge is 2.08. The van der Waals surface area contributed by atoms with Crippen LogP contribution in [0, 0.1) is 6.92 Å². The number of halogens is 1. The Labute approximate surface area is 155 Å². The lowest BCUT2D eigenvalue weighted by molar-refractivity contribution is 0.303. The number of nitrogens with zero attached hydrogens (tertiary/aromatic N) is 4. The lowest BCUT2D eigenvalue weighted by Crippen LogP contribution is -2.09. The Kier molecular flexibility index (Phi) is 5.65. The molecular weight excluding hydrogens is 382 g/mol. The van der Waals surface area contributed by atoms with Crippen molar-refractivity contribution in [3.63, 3.8) is 0 Å². The molecule has 25 heavy (non-hydrogen) atoms. The van der Waals surface area contributed by atoms with Crippen molar-refractivity contribution < 1.29 is 4.74 Å². The standard InChI is InChI=1S/C18H20BrN5O/c1-3-24-18(21-22-23-24)20-11-15-10-16(19)8-9-17(15)25-12-14-6-4-13(2)5-7-14/h4-10H,3,11-12H2,1-2H3,(H,20,21,23). The number of hydrogen-bond donors (Lipinski definition) is 1. The molecule has 130 valence electrons. The van der Waals surface area contributed by atoms with E-state index in [0.29, 0.717) is 25.6 Å². The van der Waals surface area contributed by atoms with Crippen molar-refractivity contribution in [3.8, 4) is 5.75 Å². The van der Waals surface area contributed by atoms with Gasteiger partial charge in [0.1, 0.15) is 12.4 Å². The monoisotopic (exact) mass is 401 g/mol. The number of hydrogen-bond acceptors (Lipinski definition) is 5. The van der Waals surface area contributed by atoms with Gasteiger partial charge in [0.15, 0.2) is 0 Å².